The molecule has 0 spiro atoms. The lowest BCUT2D eigenvalue weighted by molar-refractivity contribution is -0.167. The zero-order valence-corrected chi connectivity index (χ0v) is 11.7. The molecule has 1 rings (SSSR count). The third-order valence-electron chi connectivity index (χ3n) is 3.14. The van der Waals surface area contributed by atoms with Crippen LogP contribution in [0.5, 0.6) is 0 Å². The van der Waals surface area contributed by atoms with E-state index in [9.17, 15) is 27.6 Å². The van der Waals surface area contributed by atoms with Gasteiger partial charge < -0.3 is 14.9 Å². The van der Waals surface area contributed by atoms with Crippen LogP contribution in [0.15, 0.2) is 0 Å². The highest BCUT2D eigenvalue weighted by molar-refractivity contribution is 5.90. The van der Waals surface area contributed by atoms with Crippen molar-refractivity contribution in [3.63, 3.8) is 0 Å². The molecule has 1 fully saturated rings. The van der Waals surface area contributed by atoms with Crippen molar-refractivity contribution in [2.75, 3.05) is 19.6 Å². The number of halogens is 3. The van der Waals surface area contributed by atoms with Gasteiger partial charge in [0, 0.05) is 19.0 Å². The zero-order chi connectivity index (χ0) is 16.4. The second-order valence-corrected chi connectivity index (χ2v) is 5.24. The number of carboxylic acid groups (broad SMARTS) is 1. The van der Waals surface area contributed by atoms with Gasteiger partial charge in [-0.2, -0.15) is 13.2 Å². The lowest BCUT2D eigenvalue weighted by Crippen LogP contribution is -2.45. The van der Waals surface area contributed by atoms with Gasteiger partial charge in [0.1, 0.15) is 13.1 Å². The quantitative estimate of drug-likeness (QED) is 0.811. The number of carbonyl (C=O) groups is 3. The van der Waals surface area contributed by atoms with Crippen molar-refractivity contribution in [3.8, 4) is 0 Å². The zero-order valence-electron chi connectivity index (χ0n) is 11.7. The summed E-state index contributed by atoms with van der Waals surface area (Å²) in [6.45, 7) is 0.809. The Hall–Kier alpha value is -1.80. The molecular formula is C12H17F3N2O4. The molecule has 0 aromatic carbocycles. The summed E-state index contributed by atoms with van der Waals surface area (Å²) in [7, 11) is 0. The summed E-state index contributed by atoms with van der Waals surface area (Å²) in [5.41, 5.74) is 0. The van der Waals surface area contributed by atoms with E-state index >= 15 is 0 Å². The van der Waals surface area contributed by atoms with Crippen molar-refractivity contribution in [1.82, 2.24) is 9.80 Å². The average molecular weight is 310 g/mol. The van der Waals surface area contributed by atoms with Crippen LogP contribution >= 0.6 is 0 Å². The molecule has 21 heavy (non-hydrogen) atoms. The molecule has 1 unspecified atom stereocenters. The maximum Gasteiger partial charge on any atom is 0.406 e. The van der Waals surface area contributed by atoms with Gasteiger partial charge in [-0.05, 0) is 13.8 Å². The summed E-state index contributed by atoms with van der Waals surface area (Å²) in [4.78, 5) is 36.0. The van der Waals surface area contributed by atoms with Crippen molar-refractivity contribution < 1.29 is 32.7 Å². The molecule has 1 saturated heterocycles. The Labute approximate surface area is 119 Å². The fourth-order valence-electron chi connectivity index (χ4n) is 2.25. The van der Waals surface area contributed by atoms with Gasteiger partial charge >= 0.3 is 12.1 Å². The molecular weight excluding hydrogens is 293 g/mol. The number of likely N-dealkylation sites (tertiary alicyclic amines) is 1. The summed E-state index contributed by atoms with van der Waals surface area (Å²) in [5, 5.41) is 8.63. The minimum absolute atomic E-state index is 0.0172. The lowest BCUT2D eigenvalue weighted by atomic mass is 10.1. The molecule has 1 aliphatic heterocycles. The first-order chi connectivity index (χ1) is 9.51. The largest absolute Gasteiger partial charge is 0.480 e. The fourth-order valence-corrected chi connectivity index (χ4v) is 2.25. The van der Waals surface area contributed by atoms with Crippen LogP contribution in [-0.4, -0.2) is 64.5 Å². The summed E-state index contributed by atoms with van der Waals surface area (Å²) in [6, 6.07) is -0.161. The molecule has 0 aromatic heterocycles. The number of carboxylic acids is 1. The van der Waals surface area contributed by atoms with Gasteiger partial charge in [-0.3, -0.25) is 14.4 Å². The number of aliphatic carboxylic acids is 1. The van der Waals surface area contributed by atoms with Crippen molar-refractivity contribution >= 4 is 17.8 Å². The standard InChI is InChI=1S/C12H17F3N2O4/c1-7(2)17-4-8(3-9(17)18)11(21)16(5-10(19)20)6-12(13,14)15/h7-8H,3-6H2,1-2H3,(H,19,20). The molecule has 1 aliphatic rings. The number of amides is 2. The third kappa shape index (κ3) is 4.91. The Bertz CT molecular complexity index is 437. The molecule has 1 heterocycles. The minimum Gasteiger partial charge on any atom is -0.480 e. The van der Waals surface area contributed by atoms with E-state index in [1.165, 1.54) is 4.90 Å². The van der Waals surface area contributed by atoms with Crippen LogP contribution in [0.1, 0.15) is 20.3 Å². The number of rotatable bonds is 5. The van der Waals surface area contributed by atoms with E-state index in [-0.39, 0.29) is 29.8 Å². The van der Waals surface area contributed by atoms with E-state index in [0.29, 0.717) is 0 Å². The first-order valence-electron chi connectivity index (χ1n) is 6.38. The van der Waals surface area contributed by atoms with Gasteiger partial charge in [-0.15, -0.1) is 0 Å². The van der Waals surface area contributed by atoms with Crippen molar-refractivity contribution in [2.45, 2.75) is 32.5 Å². The van der Waals surface area contributed by atoms with Gasteiger partial charge in [-0.1, -0.05) is 0 Å². The normalized spacial score (nSPS) is 19.2. The van der Waals surface area contributed by atoms with Gasteiger partial charge in [0.15, 0.2) is 0 Å². The Balaban J connectivity index is 2.81. The van der Waals surface area contributed by atoms with Crippen LogP contribution in [0.2, 0.25) is 0 Å². The van der Waals surface area contributed by atoms with E-state index in [2.05, 4.69) is 0 Å². The predicted octanol–water partition coefficient (Wildman–Crippen LogP) is 0.719. The lowest BCUT2D eigenvalue weighted by Gasteiger charge is -2.25. The maximum absolute atomic E-state index is 12.4. The smallest absolute Gasteiger partial charge is 0.406 e. The van der Waals surface area contributed by atoms with E-state index in [4.69, 9.17) is 5.11 Å². The highest BCUT2D eigenvalue weighted by atomic mass is 19.4. The van der Waals surface area contributed by atoms with Crippen LogP contribution in [0, 0.1) is 5.92 Å². The molecule has 2 amide bonds. The Morgan fingerprint density at radius 3 is 2.38 bits per heavy atom. The van der Waals surface area contributed by atoms with Crippen LogP contribution < -0.4 is 0 Å². The van der Waals surface area contributed by atoms with E-state index in [1.54, 1.807) is 13.8 Å². The molecule has 0 radical (unpaired) electrons. The molecule has 0 saturated carbocycles. The number of hydrogen-bond acceptors (Lipinski definition) is 3. The molecule has 1 atom stereocenters. The van der Waals surface area contributed by atoms with E-state index in [1.807, 2.05) is 0 Å². The molecule has 0 aromatic rings. The van der Waals surface area contributed by atoms with Crippen molar-refractivity contribution in [1.29, 1.82) is 0 Å². The summed E-state index contributed by atoms with van der Waals surface area (Å²) >= 11 is 0. The molecule has 9 heteroatoms. The monoisotopic (exact) mass is 310 g/mol. The van der Waals surface area contributed by atoms with Crippen molar-refractivity contribution in [2.24, 2.45) is 5.92 Å². The number of nitrogens with zero attached hydrogens (tertiary/aromatic N) is 2. The summed E-state index contributed by atoms with van der Waals surface area (Å²) in [6.07, 6.45) is -4.88. The Morgan fingerprint density at radius 1 is 1.43 bits per heavy atom. The van der Waals surface area contributed by atoms with Crippen molar-refractivity contribution in [3.05, 3.63) is 0 Å². The number of carbonyl (C=O) groups excluding carboxylic acids is 2. The molecule has 120 valence electrons. The first kappa shape index (κ1) is 17.3. The van der Waals surface area contributed by atoms with Gasteiger partial charge in [0.2, 0.25) is 11.8 Å². The molecule has 0 aliphatic carbocycles. The Kier molecular flexibility index (Phi) is 5.19. The van der Waals surface area contributed by atoms with E-state index < -0.39 is 37.1 Å². The SMILES string of the molecule is CC(C)N1CC(C(=O)N(CC(=O)O)CC(F)(F)F)CC1=O. The average Bonchev–Trinajstić information content (AvgIpc) is 2.67. The molecule has 6 nitrogen and oxygen atoms in total. The van der Waals surface area contributed by atoms with Crippen LogP contribution in [-0.2, 0) is 14.4 Å². The third-order valence-corrected chi connectivity index (χ3v) is 3.14. The highest BCUT2D eigenvalue weighted by Crippen LogP contribution is 2.24. The number of hydrogen-bond donors (Lipinski definition) is 1. The maximum atomic E-state index is 12.4. The van der Waals surface area contributed by atoms with Gasteiger partial charge in [0.25, 0.3) is 0 Å². The van der Waals surface area contributed by atoms with E-state index in [0.717, 1.165) is 0 Å². The summed E-state index contributed by atoms with van der Waals surface area (Å²) in [5.74, 6) is -3.73. The number of alkyl halides is 3. The second kappa shape index (κ2) is 6.31. The second-order valence-electron chi connectivity index (χ2n) is 5.24. The van der Waals surface area contributed by atoms with Crippen LogP contribution in [0.3, 0.4) is 0 Å². The first-order valence-corrected chi connectivity index (χ1v) is 6.38. The van der Waals surface area contributed by atoms with Gasteiger partial charge in [-0.25, -0.2) is 0 Å². The topological polar surface area (TPSA) is 77.9 Å². The predicted molar refractivity (Wildman–Crippen MR) is 65.2 cm³/mol. The Morgan fingerprint density at radius 2 is 2.00 bits per heavy atom. The van der Waals surface area contributed by atoms with Gasteiger partial charge in [0.05, 0.1) is 5.92 Å². The fraction of sp³-hybridized carbons (Fsp3) is 0.750. The highest BCUT2D eigenvalue weighted by Gasteiger charge is 2.41. The summed E-state index contributed by atoms with van der Waals surface area (Å²) < 4.78 is 37.3. The van der Waals surface area contributed by atoms with Crippen LogP contribution in [0.25, 0.3) is 0 Å². The minimum atomic E-state index is -4.69. The molecule has 0 bridgehead atoms. The molecule has 1 N–H and O–H groups in total. The van der Waals surface area contributed by atoms with Crippen LogP contribution in [0.4, 0.5) is 13.2 Å².